The Balaban J connectivity index is 1.69. The maximum absolute atomic E-state index is 6.28. The van der Waals surface area contributed by atoms with Gasteiger partial charge in [0.2, 0.25) is 0 Å². The molecule has 7 nitrogen and oxygen atoms in total. The molecule has 0 radical (unpaired) electrons. The number of fused-ring (bicyclic) bond motifs is 5. The van der Waals surface area contributed by atoms with E-state index in [-0.39, 0.29) is 0 Å². The zero-order valence-electron chi connectivity index (χ0n) is 15.7. The second kappa shape index (κ2) is 7.12. The Labute approximate surface area is 176 Å². The van der Waals surface area contributed by atoms with Gasteiger partial charge in [-0.05, 0) is 37.0 Å². The molecule has 1 aliphatic heterocycles. The molecule has 0 atom stereocenters. The summed E-state index contributed by atoms with van der Waals surface area (Å²) in [6.07, 6.45) is 1.79. The van der Waals surface area contributed by atoms with Gasteiger partial charge in [-0.25, -0.2) is 9.97 Å². The third-order valence-corrected chi connectivity index (χ3v) is 5.75. The van der Waals surface area contributed by atoms with Gasteiger partial charge in [0.1, 0.15) is 18.6 Å². The molecule has 0 saturated heterocycles. The largest absolute Gasteiger partial charge is 0.377 e. The van der Waals surface area contributed by atoms with Crippen molar-refractivity contribution < 1.29 is 4.74 Å². The number of imidazole rings is 1. The Morgan fingerprint density at radius 3 is 2.97 bits per heavy atom. The van der Waals surface area contributed by atoms with E-state index in [1.165, 1.54) is 11.3 Å². The van der Waals surface area contributed by atoms with Crippen LogP contribution in [0.5, 0.6) is 0 Å². The van der Waals surface area contributed by atoms with E-state index in [0.29, 0.717) is 23.9 Å². The van der Waals surface area contributed by atoms with Crippen molar-refractivity contribution in [2.24, 2.45) is 0 Å². The lowest BCUT2D eigenvalue weighted by Gasteiger charge is -2.08. The summed E-state index contributed by atoms with van der Waals surface area (Å²) in [7, 11) is 1.64. The van der Waals surface area contributed by atoms with Gasteiger partial charge in [0.15, 0.2) is 16.7 Å². The maximum atomic E-state index is 6.28. The van der Waals surface area contributed by atoms with Gasteiger partial charge in [0, 0.05) is 28.8 Å². The van der Waals surface area contributed by atoms with Crippen LogP contribution in [0.4, 0.5) is 0 Å². The standard InChI is InChI=1S/C20H15ClN6OS/c1-12-10-29-19(23-12)6-4-15-17-8-26-18(9-28-2)24-25-20(26)14-7-13(21)3-5-16(14)27(17)11-22-15/h3,5,7,10-11H,8-9H2,1-2H3. The SMILES string of the molecule is COCc1nnc2n1Cc1c(C#Cc3nc(C)cs3)ncn1-c1ccc(Cl)cc1-2. The molecule has 3 aromatic heterocycles. The van der Waals surface area contributed by atoms with E-state index in [2.05, 4.69) is 32.0 Å². The zero-order chi connectivity index (χ0) is 20.0. The first kappa shape index (κ1) is 18.1. The summed E-state index contributed by atoms with van der Waals surface area (Å²) in [5.74, 6) is 7.78. The first-order chi connectivity index (χ1) is 14.1. The average Bonchev–Trinajstić information content (AvgIpc) is 3.39. The van der Waals surface area contributed by atoms with Crippen LogP contribution in [0.3, 0.4) is 0 Å². The lowest BCUT2D eigenvalue weighted by Crippen LogP contribution is -2.09. The van der Waals surface area contributed by atoms with Crippen molar-refractivity contribution in [1.29, 1.82) is 0 Å². The van der Waals surface area contributed by atoms with Crippen molar-refractivity contribution in [2.45, 2.75) is 20.1 Å². The molecule has 0 unspecified atom stereocenters. The van der Waals surface area contributed by atoms with Crippen molar-refractivity contribution in [2.75, 3.05) is 7.11 Å². The number of nitrogens with zero attached hydrogens (tertiary/aromatic N) is 6. The highest BCUT2D eigenvalue weighted by atomic mass is 35.5. The normalized spacial score (nSPS) is 11.8. The van der Waals surface area contributed by atoms with Crippen LogP contribution >= 0.6 is 22.9 Å². The summed E-state index contributed by atoms with van der Waals surface area (Å²) in [6.45, 7) is 2.84. The van der Waals surface area contributed by atoms with Crippen LogP contribution in [0.15, 0.2) is 29.9 Å². The summed E-state index contributed by atoms with van der Waals surface area (Å²) in [5, 5.41) is 12.1. The van der Waals surface area contributed by atoms with Gasteiger partial charge in [-0.15, -0.1) is 21.5 Å². The van der Waals surface area contributed by atoms with Gasteiger partial charge in [-0.2, -0.15) is 0 Å². The van der Waals surface area contributed by atoms with Crippen LogP contribution in [-0.4, -0.2) is 36.4 Å². The molecular weight excluding hydrogens is 408 g/mol. The second-order valence-electron chi connectivity index (χ2n) is 6.57. The van der Waals surface area contributed by atoms with Crippen LogP contribution in [0.2, 0.25) is 5.02 Å². The number of ether oxygens (including phenoxy) is 1. The van der Waals surface area contributed by atoms with Crippen molar-refractivity contribution in [3.63, 3.8) is 0 Å². The molecule has 0 N–H and O–H groups in total. The molecule has 0 fully saturated rings. The summed E-state index contributed by atoms with van der Waals surface area (Å²) < 4.78 is 9.37. The summed E-state index contributed by atoms with van der Waals surface area (Å²) in [4.78, 5) is 8.97. The van der Waals surface area contributed by atoms with Gasteiger partial charge in [-0.3, -0.25) is 4.57 Å². The average molecular weight is 423 g/mol. The number of aryl methyl sites for hydroxylation is 1. The van der Waals surface area contributed by atoms with E-state index in [4.69, 9.17) is 16.3 Å². The number of methoxy groups -OCH3 is 1. The number of hydrogen-bond acceptors (Lipinski definition) is 6. The third kappa shape index (κ3) is 3.13. The highest BCUT2D eigenvalue weighted by Crippen LogP contribution is 2.34. The number of benzene rings is 1. The van der Waals surface area contributed by atoms with Gasteiger partial charge in [-0.1, -0.05) is 11.6 Å². The molecule has 0 saturated carbocycles. The number of hydrogen-bond donors (Lipinski definition) is 0. The topological polar surface area (TPSA) is 70.7 Å². The molecule has 0 bridgehead atoms. The summed E-state index contributed by atoms with van der Waals surface area (Å²) >= 11 is 7.81. The monoisotopic (exact) mass is 422 g/mol. The van der Waals surface area contributed by atoms with Crippen LogP contribution in [0, 0.1) is 18.8 Å². The second-order valence-corrected chi connectivity index (χ2v) is 7.87. The molecule has 4 heterocycles. The van der Waals surface area contributed by atoms with E-state index in [0.717, 1.165) is 39.3 Å². The van der Waals surface area contributed by atoms with Gasteiger partial charge in [0.25, 0.3) is 0 Å². The first-order valence-corrected chi connectivity index (χ1v) is 10.1. The van der Waals surface area contributed by atoms with Gasteiger partial charge in [0.05, 0.1) is 17.9 Å². The molecule has 9 heteroatoms. The predicted octanol–water partition coefficient (Wildman–Crippen LogP) is 3.46. The van der Waals surface area contributed by atoms with E-state index < -0.39 is 0 Å². The Hall–Kier alpha value is -2.99. The van der Waals surface area contributed by atoms with E-state index >= 15 is 0 Å². The minimum absolute atomic E-state index is 0.358. The summed E-state index contributed by atoms with van der Waals surface area (Å²) in [6, 6.07) is 5.72. The molecule has 29 heavy (non-hydrogen) atoms. The molecule has 0 spiro atoms. The van der Waals surface area contributed by atoms with Crippen LogP contribution in [-0.2, 0) is 17.9 Å². The Morgan fingerprint density at radius 1 is 1.28 bits per heavy atom. The lowest BCUT2D eigenvalue weighted by molar-refractivity contribution is 0.174. The summed E-state index contributed by atoms with van der Waals surface area (Å²) in [5.41, 5.74) is 4.43. The molecule has 0 aliphatic carbocycles. The maximum Gasteiger partial charge on any atom is 0.167 e. The molecule has 0 amide bonds. The molecule has 1 aliphatic rings. The smallest absolute Gasteiger partial charge is 0.167 e. The minimum atomic E-state index is 0.358. The number of thiazole rings is 1. The number of halogens is 1. The van der Waals surface area contributed by atoms with E-state index in [1.807, 2.05) is 39.6 Å². The molecule has 5 rings (SSSR count). The molecule has 144 valence electrons. The number of aromatic nitrogens is 6. The van der Waals surface area contributed by atoms with Crippen molar-refractivity contribution in [3.05, 3.63) is 62.8 Å². The quantitative estimate of drug-likeness (QED) is 0.407. The van der Waals surface area contributed by atoms with Crippen molar-refractivity contribution in [3.8, 4) is 28.9 Å². The van der Waals surface area contributed by atoms with Crippen LogP contribution in [0.1, 0.15) is 27.9 Å². The Bertz CT molecular complexity index is 1290. The Morgan fingerprint density at radius 2 is 2.17 bits per heavy atom. The van der Waals surface area contributed by atoms with Crippen molar-refractivity contribution in [1.82, 2.24) is 29.3 Å². The molecule has 1 aromatic carbocycles. The third-order valence-electron chi connectivity index (χ3n) is 4.64. The fourth-order valence-corrected chi connectivity index (χ4v) is 4.16. The first-order valence-electron chi connectivity index (χ1n) is 8.85. The fourth-order valence-electron chi connectivity index (χ4n) is 3.34. The highest BCUT2D eigenvalue weighted by Gasteiger charge is 2.25. The van der Waals surface area contributed by atoms with E-state index in [9.17, 15) is 0 Å². The Kier molecular flexibility index (Phi) is 4.43. The van der Waals surface area contributed by atoms with Crippen LogP contribution < -0.4 is 0 Å². The zero-order valence-corrected chi connectivity index (χ0v) is 17.3. The van der Waals surface area contributed by atoms with E-state index in [1.54, 1.807) is 13.4 Å². The minimum Gasteiger partial charge on any atom is -0.377 e. The number of rotatable bonds is 2. The predicted molar refractivity (Wildman–Crippen MR) is 110 cm³/mol. The van der Waals surface area contributed by atoms with Crippen molar-refractivity contribution >= 4 is 22.9 Å². The fraction of sp³-hybridized carbons (Fsp3) is 0.200. The highest BCUT2D eigenvalue weighted by molar-refractivity contribution is 7.10. The van der Waals surface area contributed by atoms with Gasteiger partial charge >= 0.3 is 0 Å². The molecule has 4 aromatic rings. The molecular formula is C20H15ClN6OS. The van der Waals surface area contributed by atoms with Gasteiger partial charge < -0.3 is 9.30 Å². The lowest BCUT2D eigenvalue weighted by atomic mass is 10.1. The van der Waals surface area contributed by atoms with Crippen LogP contribution in [0.25, 0.3) is 17.1 Å².